The van der Waals surface area contributed by atoms with Crippen molar-refractivity contribution in [1.82, 2.24) is 19.7 Å². The molecule has 0 bridgehead atoms. The molecule has 0 saturated carbocycles. The monoisotopic (exact) mass is 798 g/mol. The van der Waals surface area contributed by atoms with E-state index in [1.807, 2.05) is 4.98 Å². The molecule has 20 heteroatoms. The average molecular weight is 799 g/mol. The van der Waals surface area contributed by atoms with Crippen LogP contribution in [0.4, 0.5) is 4.39 Å². The molecule has 1 aromatic heterocycles. The Morgan fingerprint density at radius 1 is 0.833 bits per heavy atom. The van der Waals surface area contributed by atoms with Gasteiger partial charge in [-0.15, -0.1) is 0 Å². The zero-order valence-corrected chi connectivity index (χ0v) is 32.5. The number of nitrogens with one attached hydrogen (secondary N) is 3. The van der Waals surface area contributed by atoms with E-state index in [9.17, 15) is 28.3 Å². The molecule has 0 spiro atoms. The van der Waals surface area contributed by atoms with Crippen LogP contribution < -0.4 is 30.5 Å². The zero-order valence-electron chi connectivity index (χ0n) is 30.7. The number of aromatic amines is 1. The Balaban J connectivity index is 1.74. The molecule has 1 aliphatic heterocycles. The van der Waals surface area contributed by atoms with E-state index in [-0.39, 0.29) is 11.5 Å². The van der Waals surface area contributed by atoms with Crippen LogP contribution in [0, 0.1) is 0 Å². The predicted octanol–water partition coefficient (Wildman–Crippen LogP) is 4.80. The van der Waals surface area contributed by atoms with Gasteiger partial charge in [0.15, 0.2) is 11.9 Å². The minimum atomic E-state index is -4.82. The van der Waals surface area contributed by atoms with Gasteiger partial charge >= 0.3 is 33.1 Å². The molecule has 8 atom stereocenters. The Hall–Kier alpha value is -4.15. The summed E-state index contributed by atoms with van der Waals surface area (Å²) < 4.78 is 86.4. The highest BCUT2D eigenvalue weighted by atomic mass is 31.2. The number of carbonyl (C=O) groups is 2. The summed E-state index contributed by atoms with van der Waals surface area (Å²) in [7, 11) is -9.40. The fraction of sp³-hybridized carbons (Fsp3) is 0.471. The van der Waals surface area contributed by atoms with Crippen LogP contribution in [0.2, 0.25) is 0 Å². The van der Waals surface area contributed by atoms with Gasteiger partial charge < -0.3 is 23.3 Å². The van der Waals surface area contributed by atoms with Crippen molar-refractivity contribution in [3.8, 4) is 11.5 Å². The molecule has 1 unspecified atom stereocenters. The summed E-state index contributed by atoms with van der Waals surface area (Å²) in [5.74, 6) is -1.54. The van der Waals surface area contributed by atoms with Crippen LogP contribution in [0.25, 0.3) is 0 Å². The number of aromatic nitrogens is 2. The molecule has 0 amide bonds. The predicted molar refractivity (Wildman–Crippen MR) is 193 cm³/mol. The molecule has 4 rings (SSSR count). The van der Waals surface area contributed by atoms with E-state index in [0.29, 0.717) is 0 Å². The van der Waals surface area contributed by atoms with E-state index in [2.05, 4.69) is 10.2 Å². The lowest BCUT2D eigenvalue weighted by Crippen LogP contribution is -2.46. The molecule has 3 aromatic rings. The highest BCUT2D eigenvalue weighted by Crippen LogP contribution is 2.54. The summed E-state index contributed by atoms with van der Waals surface area (Å²) in [6, 6.07) is 13.9. The van der Waals surface area contributed by atoms with E-state index in [4.69, 9.17) is 32.3 Å². The second-order valence-corrected chi connectivity index (χ2v) is 16.3. The zero-order chi connectivity index (χ0) is 39.8. The fourth-order valence-electron chi connectivity index (χ4n) is 5.10. The number of H-pyrrole nitrogens is 1. The van der Waals surface area contributed by atoms with Gasteiger partial charge in [-0.1, -0.05) is 36.4 Å². The van der Waals surface area contributed by atoms with Gasteiger partial charge in [-0.3, -0.25) is 33.0 Å². The van der Waals surface area contributed by atoms with Crippen LogP contribution in [0.1, 0.15) is 54.7 Å². The molecule has 1 saturated heterocycles. The number of benzene rings is 2. The highest BCUT2D eigenvalue weighted by molar-refractivity contribution is 7.52. The summed E-state index contributed by atoms with van der Waals surface area (Å²) in [6.45, 7) is 9.30. The lowest BCUT2D eigenvalue weighted by molar-refractivity contribution is -0.150. The number of halogens is 1. The van der Waals surface area contributed by atoms with Gasteiger partial charge in [-0.2, -0.15) is 10.2 Å². The molecule has 2 heterocycles. The van der Waals surface area contributed by atoms with Crippen molar-refractivity contribution < 1.29 is 55.4 Å². The van der Waals surface area contributed by atoms with Crippen molar-refractivity contribution in [3.05, 3.63) is 93.8 Å². The molecule has 3 N–H and O–H groups in total. The van der Waals surface area contributed by atoms with E-state index < -0.39 is 93.7 Å². The van der Waals surface area contributed by atoms with E-state index in [1.165, 1.54) is 38.1 Å². The Morgan fingerprint density at radius 3 is 1.80 bits per heavy atom. The molecule has 1 fully saturated rings. The third kappa shape index (κ3) is 11.4. The van der Waals surface area contributed by atoms with Crippen molar-refractivity contribution in [2.24, 2.45) is 0 Å². The van der Waals surface area contributed by atoms with Gasteiger partial charge in [-0.25, -0.2) is 18.3 Å². The molecule has 0 aliphatic carbocycles. The van der Waals surface area contributed by atoms with Crippen molar-refractivity contribution in [2.45, 2.75) is 96.9 Å². The molecular formula is C34H45FN4O13P2. The average Bonchev–Trinajstić information content (AvgIpc) is 3.32. The summed E-state index contributed by atoms with van der Waals surface area (Å²) in [5.41, 5.74) is -4.62. The Kier molecular flexibility index (Phi) is 14.2. The number of nitrogens with zero attached hydrogens (tertiary/aromatic N) is 1. The van der Waals surface area contributed by atoms with Crippen LogP contribution in [-0.2, 0) is 42.0 Å². The Bertz CT molecular complexity index is 1940. The topological polar surface area (TPSA) is 212 Å². The van der Waals surface area contributed by atoms with Crippen molar-refractivity contribution >= 4 is 27.4 Å². The number of para-hydroxylation sites is 2. The largest absolute Gasteiger partial charge is 0.462 e. The smallest absolute Gasteiger partial charge is 0.459 e. The van der Waals surface area contributed by atoms with Gasteiger partial charge in [-0.05, 0) is 72.7 Å². The first-order valence-electron chi connectivity index (χ1n) is 17.0. The maximum absolute atomic E-state index is 17.3. The molecule has 54 heavy (non-hydrogen) atoms. The van der Waals surface area contributed by atoms with E-state index in [1.54, 1.807) is 64.1 Å². The SMILES string of the molecule is CC(C)OC(=O)[C@H](C)NP(=O)(OC[C@H]1O[C@@H](n2ccc(=O)[nH]c2=O)[C@](C)(F)[C@H]1O[P@@](=O)(N[C@@H](C)C(=O)OC(C)C)Oc1ccccc1)Oc1ccccc1. The molecule has 2 aromatic carbocycles. The van der Waals surface area contributed by atoms with Crippen molar-refractivity contribution in [2.75, 3.05) is 6.61 Å². The number of esters is 2. The van der Waals surface area contributed by atoms with E-state index >= 15 is 4.39 Å². The summed E-state index contributed by atoms with van der Waals surface area (Å²) in [6.07, 6.45) is -5.57. The van der Waals surface area contributed by atoms with Crippen molar-refractivity contribution in [1.29, 1.82) is 0 Å². The number of rotatable bonds is 18. The van der Waals surface area contributed by atoms with Crippen LogP contribution in [-0.4, -0.2) is 70.3 Å². The minimum Gasteiger partial charge on any atom is -0.462 e. The lowest BCUT2D eigenvalue weighted by Gasteiger charge is -2.32. The second-order valence-electron chi connectivity index (χ2n) is 13.0. The summed E-state index contributed by atoms with van der Waals surface area (Å²) in [4.78, 5) is 52.2. The molecule has 296 valence electrons. The van der Waals surface area contributed by atoms with Gasteiger partial charge in [0, 0.05) is 12.3 Å². The maximum atomic E-state index is 17.3. The van der Waals surface area contributed by atoms with Crippen LogP contribution in [0.15, 0.2) is 82.5 Å². The Labute approximate surface area is 311 Å². The van der Waals surface area contributed by atoms with Crippen LogP contribution >= 0.6 is 15.5 Å². The number of hydrogen-bond donors (Lipinski definition) is 3. The minimum absolute atomic E-state index is 0.00525. The summed E-state index contributed by atoms with van der Waals surface area (Å²) in [5, 5.41) is 4.99. The highest BCUT2D eigenvalue weighted by Gasteiger charge is 2.60. The van der Waals surface area contributed by atoms with Crippen molar-refractivity contribution in [3.63, 3.8) is 0 Å². The molecule has 1 aliphatic rings. The first-order valence-corrected chi connectivity index (χ1v) is 20.0. The standard InChI is InChI=1S/C34H45FN4O13P2/c1-21(2)47-30(41)23(5)37-53(44,50-25-14-10-8-11-15-25)46-20-27-29(34(7,35)32(49-27)39-19-18-28(40)36-33(39)43)52-54(45,51-26-16-12-9-13-17-26)38-24(6)31(42)48-22(3)4/h8-19,21-24,27,29,32H,20H2,1-7H3,(H,37,44)(H,38,45)(H,36,40,43)/t23-,24-,27+,29-,32+,34+,53?,54+/m0/s1. The maximum Gasteiger partial charge on any atom is 0.459 e. The van der Waals surface area contributed by atoms with Crippen LogP contribution in [0.5, 0.6) is 11.5 Å². The first kappa shape index (κ1) is 42.6. The van der Waals surface area contributed by atoms with Gasteiger partial charge in [0.25, 0.3) is 5.56 Å². The molecule has 0 radical (unpaired) electrons. The second kappa shape index (κ2) is 18.0. The molecular weight excluding hydrogens is 753 g/mol. The quantitative estimate of drug-likeness (QED) is 0.117. The van der Waals surface area contributed by atoms with Gasteiger partial charge in [0.1, 0.15) is 35.8 Å². The normalized spacial score (nSPS) is 23.2. The summed E-state index contributed by atoms with van der Waals surface area (Å²) >= 11 is 0. The number of alkyl halides is 1. The number of ether oxygens (including phenoxy) is 3. The third-order valence-corrected chi connectivity index (χ3v) is 10.8. The van der Waals surface area contributed by atoms with E-state index in [0.717, 1.165) is 23.8 Å². The lowest BCUT2D eigenvalue weighted by atomic mass is 9.98. The molecule has 17 nitrogen and oxygen atoms in total. The Morgan fingerprint density at radius 2 is 1.31 bits per heavy atom. The number of carbonyl (C=O) groups excluding carboxylic acids is 2. The third-order valence-electron chi connectivity index (χ3n) is 7.50. The first-order chi connectivity index (χ1) is 25.3. The van der Waals surface area contributed by atoms with Crippen LogP contribution in [0.3, 0.4) is 0 Å². The number of hydrogen-bond acceptors (Lipinski definition) is 13. The van der Waals surface area contributed by atoms with Gasteiger partial charge in [0.2, 0.25) is 0 Å². The van der Waals surface area contributed by atoms with Gasteiger partial charge in [0.05, 0.1) is 18.8 Å². The fourth-order valence-corrected chi connectivity index (χ4v) is 8.38.